The normalized spacial score (nSPS) is 12.0. The van der Waals surface area contributed by atoms with Gasteiger partial charge in [-0.2, -0.15) is 18.3 Å². The number of rotatable bonds is 3. The molecule has 0 aliphatic carbocycles. The van der Waals surface area contributed by atoms with Gasteiger partial charge < -0.3 is 0 Å². The minimum Gasteiger partial charge on any atom is -0.166 e. The Bertz CT molecular complexity index is 652. The van der Waals surface area contributed by atoms with Crippen molar-refractivity contribution in [2.45, 2.75) is 18.1 Å². The third kappa shape index (κ3) is 3.77. The van der Waals surface area contributed by atoms with Crippen molar-refractivity contribution < 1.29 is 13.2 Å². The third-order valence-electron chi connectivity index (χ3n) is 2.48. The molecule has 0 radical (unpaired) electrons. The second-order valence-corrected chi connectivity index (χ2v) is 7.50. The highest BCUT2D eigenvalue weighted by Gasteiger charge is 2.32. The molecule has 0 fully saturated rings. The summed E-state index contributed by atoms with van der Waals surface area (Å²) in [6.07, 6.45) is -4.51. The van der Waals surface area contributed by atoms with Gasteiger partial charge in [-0.1, -0.05) is 57.6 Å². The van der Waals surface area contributed by atoms with Gasteiger partial charge in [-0.05, 0) is 19.1 Å². The van der Waals surface area contributed by atoms with E-state index in [2.05, 4.69) is 32.8 Å². The first-order chi connectivity index (χ1) is 9.74. The van der Waals surface area contributed by atoms with E-state index < -0.39 is 11.7 Å². The van der Waals surface area contributed by atoms with Gasteiger partial charge in [0.1, 0.15) is 10.7 Å². The Morgan fingerprint density at radius 2 is 1.81 bits per heavy atom. The van der Waals surface area contributed by atoms with Crippen LogP contribution in [0.25, 0.3) is 5.69 Å². The van der Waals surface area contributed by atoms with Crippen LogP contribution in [0, 0.1) is 6.92 Å². The summed E-state index contributed by atoms with van der Waals surface area (Å²) in [5.41, 5.74) is -0.120. The number of aromatic nitrogens is 3. The summed E-state index contributed by atoms with van der Waals surface area (Å²) in [7, 11) is 0. The van der Waals surface area contributed by atoms with Crippen LogP contribution in [-0.4, -0.2) is 18.8 Å². The second kappa shape index (κ2) is 6.51. The lowest BCUT2D eigenvalue weighted by molar-refractivity contribution is -0.137. The quantitative estimate of drug-likeness (QED) is 0.344. The molecule has 0 unspecified atom stereocenters. The number of benzene rings is 1. The highest BCUT2D eigenvalue weighted by molar-refractivity contribution is 14.1. The first-order valence-corrected chi connectivity index (χ1v) is 8.70. The smallest absolute Gasteiger partial charge is 0.166 e. The highest BCUT2D eigenvalue weighted by atomic mass is 127. The second-order valence-electron chi connectivity index (χ2n) is 3.92. The van der Waals surface area contributed by atoms with Crippen molar-refractivity contribution in [3.63, 3.8) is 0 Å². The Labute approximate surface area is 146 Å². The van der Waals surface area contributed by atoms with Crippen molar-refractivity contribution in [2.75, 3.05) is 3.76 Å². The van der Waals surface area contributed by atoms with Crippen molar-refractivity contribution in [1.29, 1.82) is 0 Å². The van der Waals surface area contributed by atoms with Gasteiger partial charge in [0.25, 0.3) is 0 Å². The molecular formula is C11H7Cl2F3IN3S. The predicted molar refractivity (Wildman–Crippen MR) is 85.9 cm³/mol. The first-order valence-electron chi connectivity index (χ1n) is 5.43. The van der Waals surface area contributed by atoms with Crippen LogP contribution in [-0.2, 0) is 6.18 Å². The van der Waals surface area contributed by atoms with Gasteiger partial charge in [0.2, 0.25) is 0 Å². The van der Waals surface area contributed by atoms with Crippen molar-refractivity contribution >= 4 is 57.6 Å². The number of alkyl halides is 4. The summed E-state index contributed by atoms with van der Waals surface area (Å²) in [6, 6.07) is 1.62. The summed E-state index contributed by atoms with van der Waals surface area (Å²) in [6.45, 7) is 1.75. The van der Waals surface area contributed by atoms with E-state index in [1.54, 1.807) is 6.92 Å². The van der Waals surface area contributed by atoms with E-state index in [0.717, 1.165) is 20.7 Å². The van der Waals surface area contributed by atoms with Crippen LogP contribution >= 0.6 is 57.6 Å². The SMILES string of the molecule is Cc1nn(-c2c(Cl)cc(C(F)(F)F)cc2Cl)nc1SCI. The fourth-order valence-corrected chi connectivity index (χ4v) is 3.58. The van der Waals surface area contributed by atoms with E-state index in [4.69, 9.17) is 23.2 Å². The molecule has 2 aromatic rings. The van der Waals surface area contributed by atoms with E-state index >= 15 is 0 Å². The van der Waals surface area contributed by atoms with Gasteiger partial charge in [0.05, 0.1) is 25.1 Å². The lowest BCUT2D eigenvalue weighted by Crippen LogP contribution is -2.08. The largest absolute Gasteiger partial charge is 0.416 e. The molecule has 0 N–H and O–H groups in total. The lowest BCUT2D eigenvalue weighted by atomic mass is 10.2. The molecular weight excluding hydrogens is 461 g/mol. The lowest BCUT2D eigenvalue weighted by Gasteiger charge is -2.11. The molecule has 0 aliphatic heterocycles. The molecule has 2 rings (SSSR count). The molecule has 114 valence electrons. The third-order valence-corrected chi connectivity index (χ3v) is 4.75. The van der Waals surface area contributed by atoms with Gasteiger partial charge >= 0.3 is 6.18 Å². The molecule has 0 spiro atoms. The van der Waals surface area contributed by atoms with Crippen LogP contribution < -0.4 is 0 Å². The Balaban J connectivity index is 2.52. The molecule has 21 heavy (non-hydrogen) atoms. The van der Waals surface area contributed by atoms with Gasteiger partial charge in [-0.3, -0.25) is 0 Å². The number of hydrogen-bond donors (Lipinski definition) is 0. The number of aryl methyl sites for hydroxylation is 1. The standard InChI is InChI=1S/C11H7Cl2F3IN3S/c1-5-10(21-4-17)19-20(18-5)9-7(12)2-6(3-8(9)13)11(14,15)16/h2-3H,4H2,1H3. The van der Waals surface area contributed by atoms with E-state index in [-0.39, 0.29) is 15.7 Å². The molecule has 1 aromatic heterocycles. The molecule has 3 nitrogen and oxygen atoms in total. The van der Waals surface area contributed by atoms with E-state index in [1.165, 1.54) is 11.8 Å². The molecule has 0 amide bonds. The summed E-state index contributed by atoms with van der Waals surface area (Å²) < 4.78 is 38.8. The van der Waals surface area contributed by atoms with Crippen LogP contribution in [0.2, 0.25) is 10.0 Å². The molecule has 0 atom stereocenters. The Hall–Kier alpha value is -0.190. The van der Waals surface area contributed by atoms with Crippen LogP contribution in [0.3, 0.4) is 0 Å². The number of hydrogen-bond acceptors (Lipinski definition) is 3. The van der Waals surface area contributed by atoms with Gasteiger partial charge in [0.15, 0.2) is 0 Å². The van der Waals surface area contributed by atoms with E-state index in [0.29, 0.717) is 10.7 Å². The van der Waals surface area contributed by atoms with Crippen molar-refractivity contribution in [3.8, 4) is 5.69 Å². The maximum Gasteiger partial charge on any atom is 0.416 e. The average molecular weight is 468 g/mol. The Morgan fingerprint density at radius 1 is 1.24 bits per heavy atom. The van der Waals surface area contributed by atoms with Crippen molar-refractivity contribution in [2.24, 2.45) is 0 Å². The monoisotopic (exact) mass is 467 g/mol. The summed E-state index contributed by atoms with van der Waals surface area (Å²) in [4.78, 5) is 1.16. The molecule has 1 aromatic carbocycles. The Kier molecular flexibility index (Phi) is 5.32. The van der Waals surface area contributed by atoms with Crippen LogP contribution in [0.15, 0.2) is 17.2 Å². The molecule has 0 aliphatic rings. The highest BCUT2D eigenvalue weighted by Crippen LogP contribution is 2.37. The molecule has 0 saturated heterocycles. The predicted octanol–water partition coefficient (Wildman–Crippen LogP) is 5.39. The molecule has 0 saturated carbocycles. The van der Waals surface area contributed by atoms with Gasteiger partial charge in [0, 0.05) is 0 Å². The van der Waals surface area contributed by atoms with Gasteiger partial charge in [-0.25, -0.2) is 0 Å². The fraction of sp³-hybridized carbons (Fsp3) is 0.273. The minimum atomic E-state index is -4.51. The molecule has 1 heterocycles. The minimum absolute atomic E-state index is 0.134. The number of nitrogens with zero attached hydrogens (tertiary/aromatic N) is 3. The summed E-state index contributed by atoms with van der Waals surface area (Å²) in [5, 5.41) is 8.71. The van der Waals surface area contributed by atoms with Crippen LogP contribution in [0.5, 0.6) is 0 Å². The fourth-order valence-electron chi connectivity index (χ4n) is 1.57. The summed E-state index contributed by atoms with van der Waals surface area (Å²) >= 11 is 15.5. The first kappa shape index (κ1) is 17.2. The molecule has 10 heteroatoms. The van der Waals surface area contributed by atoms with E-state index in [1.807, 2.05) is 0 Å². The summed E-state index contributed by atoms with van der Waals surface area (Å²) in [5.74, 6) is 0. The van der Waals surface area contributed by atoms with Crippen LogP contribution in [0.1, 0.15) is 11.3 Å². The zero-order valence-corrected chi connectivity index (χ0v) is 14.9. The maximum absolute atomic E-state index is 12.7. The maximum atomic E-state index is 12.7. The van der Waals surface area contributed by atoms with Gasteiger partial charge in [-0.15, -0.1) is 9.90 Å². The van der Waals surface area contributed by atoms with Crippen molar-refractivity contribution in [1.82, 2.24) is 15.0 Å². The topological polar surface area (TPSA) is 30.7 Å². The number of thioether (sulfide) groups is 1. The van der Waals surface area contributed by atoms with Crippen molar-refractivity contribution in [3.05, 3.63) is 33.4 Å². The van der Waals surface area contributed by atoms with E-state index in [9.17, 15) is 13.2 Å². The Morgan fingerprint density at radius 3 is 2.29 bits per heavy atom. The van der Waals surface area contributed by atoms with Crippen LogP contribution in [0.4, 0.5) is 13.2 Å². The zero-order chi connectivity index (χ0) is 15.8. The molecule has 0 bridgehead atoms. The zero-order valence-electron chi connectivity index (χ0n) is 10.4. The number of halogens is 6. The average Bonchev–Trinajstić information content (AvgIpc) is 2.69.